The van der Waals surface area contributed by atoms with Crippen LogP contribution in [0.5, 0.6) is 0 Å². The average molecular weight is 735 g/mol. The molecule has 0 bridgehead atoms. The number of hydrogen-bond donors (Lipinski definition) is 0. The molecule has 0 aromatic rings. The topological polar surface area (TPSA) is 78.9 Å². The molecule has 0 rings (SSSR count). The van der Waals surface area contributed by atoms with Crippen LogP contribution in [0, 0.1) is 0 Å². The van der Waals surface area contributed by atoms with E-state index >= 15 is 0 Å². The van der Waals surface area contributed by atoms with Gasteiger partial charge in [0.15, 0.2) is 6.10 Å². The Hall–Kier alpha value is -1.85. The Balaban J connectivity index is 3.93. The van der Waals surface area contributed by atoms with Crippen LogP contribution in [0.4, 0.5) is 0 Å². The highest BCUT2D eigenvalue weighted by molar-refractivity contribution is 5.71. The average Bonchev–Trinajstić information content (AvgIpc) is 3.14. The van der Waals surface area contributed by atoms with E-state index in [1.807, 2.05) is 0 Å². The Morgan fingerprint density at radius 1 is 0.365 bits per heavy atom. The van der Waals surface area contributed by atoms with Crippen LogP contribution in [0.1, 0.15) is 245 Å². The summed E-state index contributed by atoms with van der Waals surface area (Å²) in [6.45, 7) is 6.50. The summed E-state index contributed by atoms with van der Waals surface area (Å²) in [5, 5.41) is 0. The number of carbonyl (C=O) groups is 3. The zero-order valence-corrected chi connectivity index (χ0v) is 34.8. The molecule has 0 saturated heterocycles. The molecule has 6 nitrogen and oxygen atoms in total. The van der Waals surface area contributed by atoms with Crippen LogP contribution >= 0.6 is 0 Å². The maximum Gasteiger partial charge on any atom is 0.306 e. The van der Waals surface area contributed by atoms with E-state index in [2.05, 4.69) is 32.9 Å². The van der Waals surface area contributed by atoms with Crippen LogP contribution in [0.3, 0.4) is 0 Å². The Bertz CT molecular complexity index is 809. The molecule has 0 radical (unpaired) electrons. The predicted octanol–water partition coefficient (Wildman–Crippen LogP) is 14.3. The molecule has 0 aromatic carbocycles. The molecule has 52 heavy (non-hydrogen) atoms. The molecule has 1 unspecified atom stereocenters. The molecule has 0 aliphatic carbocycles. The highest BCUT2D eigenvalue weighted by Crippen LogP contribution is 2.15. The van der Waals surface area contributed by atoms with E-state index in [1.165, 1.54) is 141 Å². The van der Waals surface area contributed by atoms with Crippen LogP contribution < -0.4 is 0 Å². The Morgan fingerprint density at radius 3 is 0.962 bits per heavy atom. The molecule has 1 atom stereocenters. The van der Waals surface area contributed by atoms with Gasteiger partial charge in [0, 0.05) is 19.3 Å². The summed E-state index contributed by atoms with van der Waals surface area (Å²) in [5.74, 6) is -0.889. The molecular weight excluding hydrogens is 649 g/mol. The standard InChI is InChI=1S/C46H86O6/c1-4-7-10-13-15-16-17-18-19-20-21-22-23-24-25-26-27-28-29-30-31-34-36-39-45(48)51-42-43(41-50-44(47)38-35-32-12-9-6-3)52-46(49)40-37-33-14-11-8-5-2/h20-21,43H,4-19,22-42H2,1-3H3/b21-20-. The second kappa shape index (κ2) is 41.9. The van der Waals surface area contributed by atoms with Gasteiger partial charge in [-0.2, -0.15) is 0 Å². The molecule has 0 aliphatic rings. The van der Waals surface area contributed by atoms with Crippen molar-refractivity contribution < 1.29 is 28.6 Å². The summed E-state index contributed by atoms with van der Waals surface area (Å²) >= 11 is 0. The molecule has 6 heteroatoms. The third kappa shape index (κ3) is 39.4. The van der Waals surface area contributed by atoms with E-state index in [-0.39, 0.29) is 31.1 Å². The zero-order chi connectivity index (χ0) is 38.0. The number of allylic oxidation sites excluding steroid dienone is 2. The quantitative estimate of drug-likeness (QED) is 0.0269. The number of carbonyl (C=O) groups excluding carboxylic acids is 3. The highest BCUT2D eigenvalue weighted by Gasteiger charge is 2.19. The number of esters is 3. The van der Waals surface area contributed by atoms with Gasteiger partial charge in [-0.15, -0.1) is 0 Å². The zero-order valence-electron chi connectivity index (χ0n) is 34.8. The van der Waals surface area contributed by atoms with Crippen LogP contribution in [-0.2, 0) is 28.6 Å². The fraction of sp³-hybridized carbons (Fsp3) is 0.891. The van der Waals surface area contributed by atoms with Crippen molar-refractivity contribution in [2.45, 2.75) is 252 Å². The van der Waals surface area contributed by atoms with Crippen molar-refractivity contribution in [2.24, 2.45) is 0 Å². The van der Waals surface area contributed by atoms with Crippen molar-refractivity contribution in [3.05, 3.63) is 12.2 Å². The van der Waals surface area contributed by atoms with Gasteiger partial charge in [0.1, 0.15) is 13.2 Å². The summed E-state index contributed by atoms with van der Waals surface area (Å²) in [5.41, 5.74) is 0. The van der Waals surface area contributed by atoms with E-state index in [4.69, 9.17) is 14.2 Å². The largest absolute Gasteiger partial charge is 0.462 e. The van der Waals surface area contributed by atoms with Gasteiger partial charge in [0.2, 0.25) is 0 Å². The Kier molecular flexibility index (Phi) is 40.4. The molecule has 0 heterocycles. The number of hydrogen-bond acceptors (Lipinski definition) is 6. The summed E-state index contributed by atoms with van der Waals surface area (Å²) in [6.07, 6.45) is 44.1. The normalized spacial score (nSPS) is 12.0. The monoisotopic (exact) mass is 735 g/mol. The minimum absolute atomic E-state index is 0.0685. The number of rotatable bonds is 41. The molecule has 0 aromatic heterocycles. The Labute approximate surface area is 322 Å². The first kappa shape index (κ1) is 50.1. The van der Waals surface area contributed by atoms with Crippen LogP contribution in [0.25, 0.3) is 0 Å². The maximum absolute atomic E-state index is 12.5. The third-order valence-corrected chi connectivity index (χ3v) is 10.0. The summed E-state index contributed by atoms with van der Waals surface area (Å²) in [4.78, 5) is 37.2. The second-order valence-corrected chi connectivity index (χ2v) is 15.3. The number of ether oxygens (including phenoxy) is 3. The first-order valence-corrected chi connectivity index (χ1v) is 22.7. The van der Waals surface area contributed by atoms with E-state index in [1.54, 1.807) is 0 Å². The summed E-state index contributed by atoms with van der Waals surface area (Å²) in [6, 6.07) is 0. The van der Waals surface area contributed by atoms with Crippen LogP contribution in [-0.4, -0.2) is 37.2 Å². The van der Waals surface area contributed by atoms with Gasteiger partial charge >= 0.3 is 17.9 Å². The highest BCUT2D eigenvalue weighted by atomic mass is 16.6. The van der Waals surface area contributed by atoms with Gasteiger partial charge in [0.25, 0.3) is 0 Å². The van der Waals surface area contributed by atoms with E-state index < -0.39 is 6.10 Å². The van der Waals surface area contributed by atoms with Gasteiger partial charge in [-0.25, -0.2) is 0 Å². The molecule has 306 valence electrons. The molecule has 0 fully saturated rings. The van der Waals surface area contributed by atoms with Crippen LogP contribution in [0.2, 0.25) is 0 Å². The van der Waals surface area contributed by atoms with Crippen molar-refractivity contribution in [1.29, 1.82) is 0 Å². The fourth-order valence-corrected chi connectivity index (χ4v) is 6.55. The second-order valence-electron chi connectivity index (χ2n) is 15.3. The minimum Gasteiger partial charge on any atom is -0.462 e. The molecule has 0 aliphatic heterocycles. The SMILES string of the molecule is CCCCCCCCCC/C=C\CCCCCCCCCCCCCC(=O)OCC(COC(=O)CCCCCCC)OC(=O)CCCCCCCC. The molecule has 0 N–H and O–H groups in total. The maximum atomic E-state index is 12.5. The van der Waals surface area contributed by atoms with E-state index in [9.17, 15) is 14.4 Å². The summed E-state index contributed by atoms with van der Waals surface area (Å²) < 4.78 is 16.5. The van der Waals surface area contributed by atoms with E-state index in [0.29, 0.717) is 19.3 Å². The third-order valence-electron chi connectivity index (χ3n) is 10.0. The van der Waals surface area contributed by atoms with Gasteiger partial charge in [-0.1, -0.05) is 193 Å². The van der Waals surface area contributed by atoms with Gasteiger partial charge < -0.3 is 14.2 Å². The molecular formula is C46H86O6. The molecule has 0 amide bonds. The lowest BCUT2D eigenvalue weighted by molar-refractivity contribution is -0.167. The van der Waals surface area contributed by atoms with Gasteiger partial charge in [0.05, 0.1) is 0 Å². The van der Waals surface area contributed by atoms with Gasteiger partial charge in [-0.05, 0) is 44.9 Å². The first-order chi connectivity index (χ1) is 25.5. The van der Waals surface area contributed by atoms with Crippen molar-refractivity contribution in [3.8, 4) is 0 Å². The van der Waals surface area contributed by atoms with Crippen molar-refractivity contribution in [1.82, 2.24) is 0 Å². The minimum atomic E-state index is -0.758. The predicted molar refractivity (Wildman–Crippen MR) is 220 cm³/mol. The van der Waals surface area contributed by atoms with E-state index in [0.717, 1.165) is 64.2 Å². The summed E-state index contributed by atoms with van der Waals surface area (Å²) in [7, 11) is 0. The smallest absolute Gasteiger partial charge is 0.306 e. The van der Waals surface area contributed by atoms with Crippen molar-refractivity contribution >= 4 is 17.9 Å². The first-order valence-electron chi connectivity index (χ1n) is 22.7. The fourth-order valence-electron chi connectivity index (χ4n) is 6.55. The van der Waals surface area contributed by atoms with Crippen LogP contribution in [0.15, 0.2) is 12.2 Å². The lowest BCUT2D eigenvalue weighted by Crippen LogP contribution is -2.30. The lowest BCUT2D eigenvalue weighted by atomic mass is 10.0. The lowest BCUT2D eigenvalue weighted by Gasteiger charge is -2.18. The molecule has 0 saturated carbocycles. The molecule has 0 spiro atoms. The number of unbranched alkanes of at least 4 members (excludes halogenated alkanes) is 28. The van der Waals surface area contributed by atoms with Crippen molar-refractivity contribution in [2.75, 3.05) is 13.2 Å². The Morgan fingerprint density at radius 2 is 0.635 bits per heavy atom. The van der Waals surface area contributed by atoms with Gasteiger partial charge in [-0.3, -0.25) is 14.4 Å². The van der Waals surface area contributed by atoms with Crippen molar-refractivity contribution in [3.63, 3.8) is 0 Å².